The predicted molar refractivity (Wildman–Crippen MR) is 92.1 cm³/mol. The molecule has 0 spiro atoms. The van der Waals surface area contributed by atoms with Gasteiger partial charge in [0.25, 0.3) is 0 Å². The van der Waals surface area contributed by atoms with Gasteiger partial charge in [0.1, 0.15) is 0 Å². The first-order valence-corrected chi connectivity index (χ1v) is 8.70. The van der Waals surface area contributed by atoms with Gasteiger partial charge >= 0.3 is 0 Å². The van der Waals surface area contributed by atoms with Gasteiger partial charge in [0, 0.05) is 17.1 Å². The molecule has 1 aromatic carbocycles. The van der Waals surface area contributed by atoms with E-state index in [-0.39, 0.29) is 0 Å². The highest BCUT2D eigenvalue weighted by Crippen LogP contribution is 2.36. The number of nitrogens with zero attached hydrogens (tertiary/aromatic N) is 1. The molecule has 2 unspecified atom stereocenters. The summed E-state index contributed by atoms with van der Waals surface area (Å²) in [5.74, 6) is 0.655. The third kappa shape index (κ3) is 3.82. The highest BCUT2D eigenvalue weighted by Gasteiger charge is 2.24. The van der Waals surface area contributed by atoms with Crippen molar-refractivity contribution >= 4 is 44.8 Å². The van der Waals surface area contributed by atoms with Crippen LogP contribution < -0.4 is 5.32 Å². The monoisotopic (exact) mass is 378 g/mol. The summed E-state index contributed by atoms with van der Waals surface area (Å²) in [4.78, 5) is 2.52. The molecule has 1 aliphatic heterocycles. The number of benzene rings is 1. The van der Waals surface area contributed by atoms with Crippen LogP contribution in [-0.4, -0.2) is 30.6 Å². The molecular formula is C15H21BrCl2N2. The van der Waals surface area contributed by atoms with Gasteiger partial charge in [-0.1, -0.05) is 30.1 Å². The molecule has 0 aliphatic carbocycles. The maximum absolute atomic E-state index is 6.30. The molecule has 112 valence electrons. The second kappa shape index (κ2) is 7.35. The lowest BCUT2D eigenvalue weighted by molar-refractivity contribution is 0.172. The Morgan fingerprint density at radius 3 is 2.85 bits per heavy atom. The van der Waals surface area contributed by atoms with Crippen molar-refractivity contribution in [1.82, 2.24) is 4.90 Å². The Labute approximate surface area is 139 Å². The van der Waals surface area contributed by atoms with Crippen molar-refractivity contribution < 1.29 is 0 Å². The zero-order valence-electron chi connectivity index (χ0n) is 11.9. The van der Waals surface area contributed by atoms with E-state index >= 15 is 0 Å². The number of nitrogens with one attached hydrogen (secondary N) is 1. The number of halogens is 3. The van der Waals surface area contributed by atoms with Gasteiger partial charge in [-0.2, -0.15) is 0 Å². The minimum atomic E-state index is 0.388. The number of hydrogen-bond acceptors (Lipinski definition) is 2. The Morgan fingerprint density at radius 1 is 1.40 bits per heavy atom. The molecule has 20 heavy (non-hydrogen) atoms. The molecule has 0 radical (unpaired) electrons. The summed E-state index contributed by atoms with van der Waals surface area (Å²) in [7, 11) is 0. The van der Waals surface area contributed by atoms with E-state index in [1.807, 2.05) is 12.1 Å². The molecule has 1 N–H and O–H groups in total. The van der Waals surface area contributed by atoms with Crippen molar-refractivity contribution in [3.05, 3.63) is 26.7 Å². The van der Waals surface area contributed by atoms with Gasteiger partial charge in [0.05, 0.1) is 15.7 Å². The molecule has 2 atom stereocenters. The van der Waals surface area contributed by atoms with E-state index in [2.05, 4.69) is 40.0 Å². The van der Waals surface area contributed by atoms with Gasteiger partial charge < -0.3 is 10.2 Å². The number of piperidine rings is 1. The third-order valence-corrected chi connectivity index (χ3v) is 5.89. The molecule has 1 saturated heterocycles. The van der Waals surface area contributed by atoms with Gasteiger partial charge in [-0.05, 0) is 66.8 Å². The van der Waals surface area contributed by atoms with E-state index in [1.165, 1.54) is 19.4 Å². The van der Waals surface area contributed by atoms with Crippen LogP contribution in [-0.2, 0) is 0 Å². The van der Waals surface area contributed by atoms with Gasteiger partial charge in [0.2, 0.25) is 0 Å². The Kier molecular flexibility index (Phi) is 6.03. The Bertz CT molecular complexity index is 467. The normalized spacial score (nSPS) is 21.8. The maximum Gasteiger partial charge on any atom is 0.0835 e. The number of likely N-dealkylation sites (tertiary alicyclic amines) is 1. The largest absolute Gasteiger partial charge is 0.381 e. The molecule has 0 amide bonds. The van der Waals surface area contributed by atoms with Crippen LogP contribution in [0.5, 0.6) is 0 Å². The Morgan fingerprint density at radius 2 is 2.15 bits per heavy atom. The third-order valence-electron chi connectivity index (χ3n) is 4.11. The lowest BCUT2D eigenvalue weighted by Crippen LogP contribution is -2.41. The summed E-state index contributed by atoms with van der Waals surface area (Å²) in [6.07, 6.45) is 2.55. The topological polar surface area (TPSA) is 15.3 Å². The minimum absolute atomic E-state index is 0.388. The lowest BCUT2D eigenvalue weighted by atomic mass is 9.91. The molecule has 0 aromatic heterocycles. The first-order chi connectivity index (χ1) is 9.52. The van der Waals surface area contributed by atoms with Crippen molar-refractivity contribution in [3.63, 3.8) is 0 Å². The summed E-state index contributed by atoms with van der Waals surface area (Å²) in [5, 5.41) is 4.69. The molecule has 1 heterocycles. The molecule has 1 fully saturated rings. The molecule has 1 aliphatic rings. The second-order valence-corrected chi connectivity index (χ2v) is 7.06. The lowest BCUT2D eigenvalue weighted by Gasteiger charge is -2.36. The van der Waals surface area contributed by atoms with Crippen LogP contribution >= 0.6 is 39.1 Å². The van der Waals surface area contributed by atoms with Gasteiger partial charge in [-0.15, -0.1) is 0 Å². The maximum atomic E-state index is 6.30. The van der Waals surface area contributed by atoms with Crippen molar-refractivity contribution in [2.24, 2.45) is 5.92 Å². The number of hydrogen-bond donors (Lipinski definition) is 1. The van der Waals surface area contributed by atoms with E-state index in [4.69, 9.17) is 23.2 Å². The summed E-state index contributed by atoms with van der Waals surface area (Å²) in [5.41, 5.74) is 0.918. The number of anilines is 1. The first-order valence-electron chi connectivity index (χ1n) is 7.15. The van der Waals surface area contributed by atoms with Gasteiger partial charge in [0.15, 0.2) is 0 Å². The average molecular weight is 380 g/mol. The van der Waals surface area contributed by atoms with Crippen molar-refractivity contribution in [2.45, 2.75) is 32.7 Å². The molecule has 1 aromatic rings. The minimum Gasteiger partial charge on any atom is -0.381 e. The summed E-state index contributed by atoms with van der Waals surface area (Å²) in [6.45, 7) is 7.98. The SMILES string of the molecule is CCN1CCCC(C(C)Nc2ccc(Br)c(Cl)c2Cl)C1. The smallest absolute Gasteiger partial charge is 0.0835 e. The number of rotatable bonds is 4. The van der Waals surface area contributed by atoms with Crippen LogP contribution in [0.3, 0.4) is 0 Å². The van der Waals surface area contributed by atoms with E-state index in [1.54, 1.807) is 0 Å². The molecule has 0 bridgehead atoms. The van der Waals surface area contributed by atoms with Gasteiger partial charge in [-0.3, -0.25) is 0 Å². The molecule has 0 saturated carbocycles. The van der Waals surface area contributed by atoms with E-state index < -0.39 is 0 Å². The second-order valence-electron chi connectivity index (χ2n) is 5.45. The van der Waals surface area contributed by atoms with Gasteiger partial charge in [-0.25, -0.2) is 0 Å². The van der Waals surface area contributed by atoms with Crippen LogP contribution in [0, 0.1) is 5.92 Å². The quantitative estimate of drug-likeness (QED) is 0.715. The predicted octanol–water partition coefficient (Wildman–Crippen LogP) is 5.29. The fraction of sp³-hybridized carbons (Fsp3) is 0.600. The Hall–Kier alpha value is 0.0400. The van der Waals surface area contributed by atoms with Crippen LogP contribution in [0.15, 0.2) is 16.6 Å². The molecular weight excluding hydrogens is 359 g/mol. The van der Waals surface area contributed by atoms with Crippen molar-refractivity contribution in [2.75, 3.05) is 25.0 Å². The van der Waals surface area contributed by atoms with Crippen LogP contribution in [0.4, 0.5) is 5.69 Å². The van der Waals surface area contributed by atoms with Crippen LogP contribution in [0.25, 0.3) is 0 Å². The van der Waals surface area contributed by atoms with E-state index in [0.29, 0.717) is 22.0 Å². The summed E-state index contributed by atoms with van der Waals surface area (Å²) >= 11 is 15.9. The van der Waals surface area contributed by atoms with Crippen LogP contribution in [0.1, 0.15) is 26.7 Å². The fourth-order valence-corrected chi connectivity index (χ4v) is 3.62. The zero-order chi connectivity index (χ0) is 14.7. The van der Waals surface area contributed by atoms with Crippen molar-refractivity contribution in [3.8, 4) is 0 Å². The molecule has 2 nitrogen and oxygen atoms in total. The fourth-order valence-electron chi connectivity index (χ4n) is 2.79. The van der Waals surface area contributed by atoms with E-state index in [9.17, 15) is 0 Å². The zero-order valence-corrected chi connectivity index (χ0v) is 15.0. The molecule has 5 heteroatoms. The summed E-state index contributed by atoms with van der Waals surface area (Å²) < 4.78 is 0.831. The first kappa shape index (κ1) is 16.4. The molecule has 2 rings (SSSR count). The van der Waals surface area contributed by atoms with Crippen molar-refractivity contribution in [1.29, 1.82) is 0 Å². The Balaban J connectivity index is 2.04. The highest BCUT2D eigenvalue weighted by atomic mass is 79.9. The highest BCUT2D eigenvalue weighted by molar-refractivity contribution is 9.10. The van der Waals surface area contributed by atoms with Crippen LogP contribution in [0.2, 0.25) is 10.0 Å². The van der Waals surface area contributed by atoms with E-state index in [0.717, 1.165) is 23.2 Å². The standard InChI is InChI=1S/C15H21BrCl2N2/c1-3-20-8-4-5-11(9-20)10(2)19-13-7-6-12(16)14(17)15(13)18/h6-7,10-11,19H,3-5,8-9H2,1-2H3. The summed E-state index contributed by atoms with van der Waals surface area (Å²) in [6, 6.07) is 4.30. The average Bonchev–Trinajstić information content (AvgIpc) is 2.48.